The molecular formula is C12H15NO3. The molecule has 0 unspecified atom stereocenters. The summed E-state index contributed by atoms with van der Waals surface area (Å²) in [6.45, 7) is 0. The van der Waals surface area contributed by atoms with Gasteiger partial charge in [0.2, 0.25) is 0 Å². The molecule has 1 aliphatic heterocycles. The van der Waals surface area contributed by atoms with Crippen LogP contribution in [-0.4, -0.2) is 24.2 Å². The summed E-state index contributed by atoms with van der Waals surface area (Å²) in [6.07, 6.45) is 1.70. The number of benzene rings is 1. The van der Waals surface area contributed by atoms with Crippen LogP contribution in [0.25, 0.3) is 0 Å². The van der Waals surface area contributed by atoms with E-state index in [0.29, 0.717) is 0 Å². The van der Waals surface area contributed by atoms with Gasteiger partial charge in [-0.3, -0.25) is 10.1 Å². The highest BCUT2D eigenvalue weighted by molar-refractivity contribution is 5.76. The normalized spacial score (nSPS) is 24.3. The molecule has 0 spiro atoms. The Morgan fingerprint density at radius 3 is 2.69 bits per heavy atom. The summed E-state index contributed by atoms with van der Waals surface area (Å²) in [7, 11) is 1.40. The number of phenolic OH excluding ortho intramolecular Hbond substituents is 1. The number of rotatable bonds is 2. The second-order valence-corrected chi connectivity index (χ2v) is 3.96. The largest absolute Gasteiger partial charge is 0.508 e. The summed E-state index contributed by atoms with van der Waals surface area (Å²) in [5.41, 5.74) is 1.09. The van der Waals surface area contributed by atoms with E-state index in [9.17, 15) is 9.90 Å². The lowest BCUT2D eigenvalue weighted by atomic mass is 10.1. The monoisotopic (exact) mass is 221 g/mol. The Bertz CT molecular complexity index is 374. The van der Waals surface area contributed by atoms with Crippen molar-refractivity contribution in [3.05, 3.63) is 29.8 Å². The van der Waals surface area contributed by atoms with E-state index in [1.54, 1.807) is 12.1 Å². The van der Waals surface area contributed by atoms with E-state index < -0.39 is 0 Å². The van der Waals surface area contributed by atoms with Crippen molar-refractivity contribution < 1.29 is 14.6 Å². The van der Waals surface area contributed by atoms with E-state index in [4.69, 9.17) is 4.74 Å². The van der Waals surface area contributed by atoms with Gasteiger partial charge in [-0.25, -0.2) is 0 Å². The van der Waals surface area contributed by atoms with Crippen molar-refractivity contribution in [2.75, 3.05) is 7.11 Å². The van der Waals surface area contributed by atoms with E-state index in [-0.39, 0.29) is 23.8 Å². The highest BCUT2D eigenvalue weighted by Gasteiger charge is 2.30. The average Bonchev–Trinajstić information content (AvgIpc) is 2.78. The van der Waals surface area contributed by atoms with E-state index in [1.165, 1.54) is 7.11 Å². The number of nitrogens with one attached hydrogen (secondary N) is 1. The van der Waals surface area contributed by atoms with Crippen molar-refractivity contribution in [2.24, 2.45) is 0 Å². The highest BCUT2D eigenvalue weighted by Crippen LogP contribution is 2.27. The van der Waals surface area contributed by atoms with Crippen LogP contribution >= 0.6 is 0 Å². The number of carbonyl (C=O) groups excluding carboxylic acids is 1. The summed E-state index contributed by atoms with van der Waals surface area (Å²) in [6, 6.07) is 7.01. The van der Waals surface area contributed by atoms with Gasteiger partial charge in [-0.2, -0.15) is 0 Å². The minimum atomic E-state index is -0.207. The Labute approximate surface area is 94.2 Å². The molecule has 0 aliphatic carbocycles. The maximum absolute atomic E-state index is 11.3. The van der Waals surface area contributed by atoms with Gasteiger partial charge in [0.1, 0.15) is 11.8 Å². The quantitative estimate of drug-likeness (QED) is 0.740. The van der Waals surface area contributed by atoms with Gasteiger partial charge >= 0.3 is 5.97 Å². The molecule has 2 N–H and O–H groups in total. The highest BCUT2D eigenvalue weighted by atomic mass is 16.5. The van der Waals surface area contributed by atoms with Gasteiger partial charge in [-0.1, -0.05) is 12.1 Å². The number of hydrogen-bond donors (Lipinski definition) is 2. The third kappa shape index (κ3) is 2.17. The molecule has 1 aromatic carbocycles. The number of hydrogen-bond acceptors (Lipinski definition) is 4. The number of phenols is 1. The van der Waals surface area contributed by atoms with Gasteiger partial charge in [0.15, 0.2) is 0 Å². The molecule has 0 radical (unpaired) electrons. The molecule has 0 bridgehead atoms. The summed E-state index contributed by atoms with van der Waals surface area (Å²) in [4.78, 5) is 11.3. The Kier molecular flexibility index (Phi) is 3.10. The van der Waals surface area contributed by atoms with Gasteiger partial charge < -0.3 is 9.84 Å². The third-order valence-electron chi connectivity index (χ3n) is 2.93. The topological polar surface area (TPSA) is 58.6 Å². The Morgan fingerprint density at radius 2 is 2.06 bits per heavy atom. The lowest BCUT2D eigenvalue weighted by Crippen LogP contribution is -2.33. The predicted octanol–water partition coefficient (Wildman–Crippen LogP) is 1.36. The molecule has 1 fully saturated rings. The lowest BCUT2D eigenvalue weighted by Gasteiger charge is -2.13. The first-order valence-corrected chi connectivity index (χ1v) is 5.33. The smallest absolute Gasteiger partial charge is 0.322 e. The van der Waals surface area contributed by atoms with Crippen molar-refractivity contribution in [1.82, 2.24) is 5.32 Å². The lowest BCUT2D eigenvalue weighted by molar-refractivity contribution is -0.142. The van der Waals surface area contributed by atoms with E-state index in [1.807, 2.05) is 12.1 Å². The summed E-state index contributed by atoms with van der Waals surface area (Å²) in [5, 5.41) is 12.4. The zero-order chi connectivity index (χ0) is 11.5. The second-order valence-electron chi connectivity index (χ2n) is 3.96. The van der Waals surface area contributed by atoms with Crippen molar-refractivity contribution >= 4 is 5.97 Å². The van der Waals surface area contributed by atoms with Crippen molar-refractivity contribution in [2.45, 2.75) is 24.9 Å². The fraction of sp³-hybridized carbons (Fsp3) is 0.417. The summed E-state index contributed by atoms with van der Waals surface area (Å²) < 4.78 is 4.70. The number of aromatic hydroxyl groups is 1. The zero-order valence-corrected chi connectivity index (χ0v) is 9.14. The molecule has 1 aliphatic rings. The molecule has 4 nitrogen and oxygen atoms in total. The molecule has 1 saturated heterocycles. The van der Waals surface area contributed by atoms with Gasteiger partial charge in [-0.05, 0) is 30.5 Å². The minimum Gasteiger partial charge on any atom is -0.508 e. The van der Waals surface area contributed by atoms with Crippen LogP contribution in [0.15, 0.2) is 24.3 Å². The predicted molar refractivity (Wildman–Crippen MR) is 59.0 cm³/mol. The molecule has 86 valence electrons. The van der Waals surface area contributed by atoms with Crippen LogP contribution in [0.2, 0.25) is 0 Å². The average molecular weight is 221 g/mol. The Morgan fingerprint density at radius 1 is 1.38 bits per heavy atom. The molecule has 0 amide bonds. The van der Waals surface area contributed by atoms with Crippen LogP contribution in [0.5, 0.6) is 5.75 Å². The molecule has 4 heteroatoms. The number of carbonyl (C=O) groups is 1. The first-order valence-electron chi connectivity index (χ1n) is 5.33. The standard InChI is InChI=1S/C12H15NO3/c1-16-12(15)11-7-6-10(13-11)8-2-4-9(14)5-3-8/h2-5,10-11,13-14H,6-7H2,1H3/t10-,11+/m1/s1. The molecule has 0 aromatic heterocycles. The van der Waals surface area contributed by atoms with Crippen LogP contribution in [0.3, 0.4) is 0 Å². The van der Waals surface area contributed by atoms with E-state index in [0.717, 1.165) is 18.4 Å². The first kappa shape index (κ1) is 11.0. The summed E-state index contributed by atoms with van der Waals surface area (Å²) >= 11 is 0. The number of ether oxygens (including phenoxy) is 1. The zero-order valence-electron chi connectivity index (χ0n) is 9.14. The number of esters is 1. The van der Waals surface area contributed by atoms with Crippen molar-refractivity contribution in [3.63, 3.8) is 0 Å². The molecular weight excluding hydrogens is 206 g/mol. The van der Waals surface area contributed by atoms with Crippen molar-refractivity contribution in [1.29, 1.82) is 0 Å². The fourth-order valence-electron chi connectivity index (χ4n) is 2.04. The summed E-state index contributed by atoms with van der Waals surface area (Å²) in [5.74, 6) is 0.0487. The number of methoxy groups -OCH3 is 1. The van der Waals surface area contributed by atoms with Crippen LogP contribution in [0.1, 0.15) is 24.4 Å². The van der Waals surface area contributed by atoms with E-state index in [2.05, 4.69) is 5.32 Å². The van der Waals surface area contributed by atoms with Crippen LogP contribution in [0, 0.1) is 0 Å². The van der Waals surface area contributed by atoms with Gasteiger partial charge in [-0.15, -0.1) is 0 Å². The Balaban J connectivity index is 2.03. The van der Waals surface area contributed by atoms with Crippen LogP contribution < -0.4 is 5.32 Å². The minimum absolute atomic E-state index is 0.171. The van der Waals surface area contributed by atoms with E-state index >= 15 is 0 Å². The third-order valence-corrected chi connectivity index (χ3v) is 2.93. The van der Waals surface area contributed by atoms with Crippen LogP contribution in [-0.2, 0) is 9.53 Å². The maximum atomic E-state index is 11.3. The SMILES string of the molecule is COC(=O)[C@@H]1CC[C@H](c2ccc(O)cc2)N1. The molecule has 2 rings (SSSR count). The maximum Gasteiger partial charge on any atom is 0.322 e. The van der Waals surface area contributed by atoms with Gasteiger partial charge in [0, 0.05) is 6.04 Å². The molecule has 16 heavy (non-hydrogen) atoms. The fourth-order valence-corrected chi connectivity index (χ4v) is 2.04. The van der Waals surface area contributed by atoms with Crippen LogP contribution in [0.4, 0.5) is 0 Å². The second kappa shape index (κ2) is 4.53. The van der Waals surface area contributed by atoms with Gasteiger partial charge in [0.05, 0.1) is 7.11 Å². The molecule has 1 aromatic rings. The molecule has 1 heterocycles. The molecule has 0 saturated carbocycles. The Hall–Kier alpha value is -1.55. The van der Waals surface area contributed by atoms with Gasteiger partial charge in [0.25, 0.3) is 0 Å². The van der Waals surface area contributed by atoms with Crippen molar-refractivity contribution in [3.8, 4) is 5.75 Å². The molecule has 2 atom stereocenters. The first-order chi connectivity index (χ1) is 7.70.